The lowest BCUT2D eigenvalue weighted by molar-refractivity contribution is 0.385. The van der Waals surface area contributed by atoms with Crippen LogP contribution in [-0.4, -0.2) is 43.5 Å². The molecule has 0 amide bonds. The number of rotatable bonds is 3. The summed E-state index contributed by atoms with van der Waals surface area (Å²) in [6, 6.07) is 9.83. The smallest absolute Gasteiger partial charge is 0.408 e. The van der Waals surface area contributed by atoms with Crippen LogP contribution in [0.4, 0.5) is 5.69 Å². The molecule has 0 spiro atoms. The van der Waals surface area contributed by atoms with Gasteiger partial charge in [0.2, 0.25) is 10.0 Å². The Kier molecular flexibility index (Phi) is 4.91. The summed E-state index contributed by atoms with van der Waals surface area (Å²) in [7, 11) is -2.15. The van der Waals surface area contributed by atoms with Crippen LogP contribution in [0.25, 0.3) is 11.1 Å². The first-order valence-corrected chi connectivity index (χ1v) is 10.8. The van der Waals surface area contributed by atoms with Crippen LogP contribution in [0.2, 0.25) is 10.0 Å². The van der Waals surface area contributed by atoms with E-state index in [1.165, 1.54) is 34.1 Å². The molecule has 2 aromatic carbocycles. The number of benzene rings is 2. The van der Waals surface area contributed by atoms with Crippen molar-refractivity contribution in [2.45, 2.75) is 4.90 Å². The van der Waals surface area contributed by atoms with Gasteiger partial charge < -0.3 is 9.32 Å². The van der Waals surface area contributed by atoms with E-state index >= 15 is 0 Å². The Hall–Kier alpha value is -2.00. The fourth-order valence-corrected chi connectivity index (χ4v) is 5.18. The van der Waals surface area contributed by atoms with Gasteiger partial charge in [-0.1, -0.05) is 29.3 Å². The van der Waals surface area contributed by atoms with Crippen molar-refractivity contribution in [1.82, 2.24) is 8.87 Å². The third-order valence-electron chi connectivity index (χ3n) is 4.91. The van der Waals surface area contributed by atoms with Gasteiger partial charge in [0, 0.05) is 33.2 Å². The average Bonchev–Trinajstić information content (AvgIpc) is 2.97. The normalized spacial score (nSPS) is 16.0. The number of hydrogen-bond donors (Lipinski definition) is 0. The molecule has 1 saturated heterocycles. The first-order chi connectivity index (χ1) is 13.3. The number of halogens is 2. The van der Waals surface area contributed by atoms with E-state index in [-0.39, 0.29) is 4.90 Å². The molecule has 1 aliphatic rings. The van der Waals surface area contributed by atoms with Gasteiger partial charge in [0.15, 0.2) is 5.58 Å². The second-order valence-electron chi connectivity index (χ2n) is 6.52. The number of hydrogen-bond acceptors (Lipinski definition) is 5. The van der Waals surface area contributed by atoms with Crippen LogP contribution in [0.3, 0.4) is 0 Å². The minimum absolute atomic E-state index is 0.130. The number of piperazine rings is 1. The van der Waals surface area contributed by atoms with Crippen LogP contribution in [0.5, 0.6) is 0 Å². The summed E-state index contributed by atoms with van der Waals surface area (Å²) in [5, 5.41) is 0.931. The van der Waals surface area contributed by atoms with Crippen molar-refractivity contribution in [2.75, 3.05) is 31.1 Å². The number of aromatic nitrogens is 1. The van der Waals surface area contributed by atoms with Gasteiger partial charge in [-0.2, -0.15) is 4.31 Å². The van der Waals surface area contributed by atoms with Crippen molar-refractivity contribution in [2.24, 2.45) is 7.05 Å². The molecule has 7 nitrogen and oxygen atoms in total. The Morgan fingerprint density at radius 1 is 1.04 bits per heavy atom. The number of aryl methyl sites for hydroxylation is 1. The SMILES string of the molecule is Cn1c(=O)oc2ccc(S(=O)(=O)N3CCN(c4cccc(Cl)c4Cl)CC3)cc21. The van der Waals surface area contributed by atoms with Gasteiger partial charge in [0.1, 0.15) is 0 Å². The zero-order chi connectivity index (χ0) is 20.1. The van der Waals surface area contributed by atoms with E-state index in [1.54, 1.807) is 6.07 Å². The molecule has 0 radical (unpaired) electrons. The summed E-state index contributed by atoms with van der Waals surface area (Å²) in [4.78, 5) is 13.8. The summed E-state index contributed by atoms with van der Waals surface area (Å²) in [5.74, 6) is -0.531. The van der Waals surface area contributed by atoms with E-state index in [2.05, 4.69) is 0 Å². The largest absolute Gasteiger partial charge is 0.419 e. The van der Waals surface area contributed by atoms with Crippen molar-refractivity contribution in [1.29, 1.82) is 0 Å². The molecule has 3 aromatic rings. The summed E-state index contributed by atoms with van der Waals surface area (Å²) in [6.07, 6.45) is 0. The average molecular weight is 442 g/mol. The molecule has 0 N–H and O–H groups in total. The van der Waals surface area contributed by atoms with Crippen LogP contribution >= 0.6 is 23.2 Å². The van der Waals surface area contributed by atoms with E-state index in [1.807, 2.05) is 17.0 Å². The molecule has 0 atom stereocenters. The standard InChI is InChI=1S/C18H17Cl2N3O4S/c1-21-15-11-12(5-6-16(15)27-18(21)24)28(25,26)23-9-7-22(8-10-23)14-4-2-3-13(19)17(14)20/h2-6,11H,7-10H2,1H3. The fourth-order valence-electron chi connectivity index (χ4n) is 3.32. The van der Waals surface area contributed by atoms with Crippen molar-refractivity contribution >= 4 is 50.0 Å². The maximum absolute atomic E-state index is 13.1. The first-order valence-electron chi connectivity index (χ1n) is 8.58. The van der Waals surface area contributed by atoms with Gasteiger partial charge in [0.25, 0.3) is 0 Å². The molecule has 28 heavy (non-hydrogen) atoms. The summed E-state index contributed by atoms with van der Waals surface area (Å²) in [5.41, 5.74) is 1.59. The Bertz CT molecular complexity index is 1210. The second kappa shape index (κ2) is 7.11. The topological polar surface area (TPSA) is 75.8 Å². The maximum Gasteiger partial charge on any atom is 0.419 e. The van der Waals surface area contributed by atoms with Crippen molar-refractivity contribution in [3.8, 4) is 0 Å². The lowest BCUT2D eigenvalue weighted by atomic mass is 10.2. The molecule has 0 unspecified atom stereocenters. The Labute approximate surface area is 171 Å². The van der Waals surface area contributed by atoms with E-state index in [0.29, 0.717) is 47.3 Å². The van der Waals surface area contributed by atoms with Crippen molar-refractivity contribution in [3.63, 3.8) is 0 Å². The van der Waals surface area contributed by atoms with Crippen LogP contribution in [-0.2, 0) is 17.1 Å². The monoisotopic (exact) mass is 441 g/mol. The molecule has 4 rings (SSSR count). The molecule has 0 bridgehead atoms. The zero-order valence-corrected chi connectivity index (χ0v) is 17.3. The highest BCUT2D eigenvalue weighted by Crippen LogP contribution is 2.33. The predicted molar refractivity (Wildman–Crippen MR) is 109 cm³/mol. The van der Waals surface area contributed by atoms with Crippen LogP contribution < -0.4 is 10.7 Å². The lowest BCUT2D eigenvalue weighted by Gasteiger charge is -2.35. The molecule has 148 valence electrons. The molecule has 0 aliphatic carbocycles. The van der Waals surface area contributed by atoms with Crippen molar-refractivity contribution < 1.29 is 12.8 Å². The molecule has 1 aromatic heterocycles. The molecular formula is C18H17Cl2N3O4S. The molecule has 2 heterocycles. The van der Waals surface area contributed by atoms with Crippen LogP contribution in [0, 0.1) is 0 Å². The van der Waals surface area contributed by atoms with Gasteiger partial charge in [-0.3, -0.25) is 4.57 Å². The summed E-state index contributed by atoms with van der Waals surface area (Å²) < 4.78 is 33.9. The minimum Gasteiger partial charge on any atom is -0.408 e. The van der Waals surface area contributed by atoms with Crippen LogP contribution in [0.15, 0.2) is 50.5 Å². The van der Waals surface area contributed by atoms with Gasteiger partial charge >= 0.3 is 5.76 Å². The molecule has 1 aliphatic heterocycles. The van der Waals surface area contributed by atoms with E-state index in [0.717, 1.165) is 5.69 Å². The van der Waals surface area contributed by atoms with Crippen LogP contribution in [0.1, 0.15) is 0 Å². The number of sulfonamides is 1. The van der Waals surface area contributed by atoms with Gasteiger partial charge in [0.05, 0.1) is 26.1 Å². The van der Waals surface area contributed by atoms with Gasteiger partial charge in [-0.25, -0.2) is 13.2 Å². The van der Waals surface area contributed by atoms with E-state index in [9.17, 15) is 13.2 Å². The maximum atomic E-state index is 13.1. The summed E-state index contributed by atoms with van der Waals surface area (Å²) in [6.45, 7) is 1.61. The fraction of sp³-hybridized carbons (Fsp3) is 0.278. The number of fused-ring (bicyclic) bond motifs is 1. The molecule has 0 saturated carbocycles. The molecule has 1 fully saturated rings. The minimum atomic E-state index is -3.69. The predicted octanol–water partition coefficient (Wildman–Crippen LogP) is 2.95. The molecule has 10 heteroatoms. The van der Waals surface area contributed by atoms with Gasteiger partial charge in [-0.15, -0.1) is 0 Å². The lowest BCUT2D eigenvalue weighted by Crippen LogP contribution is -2.48. The number of anilines is 1. The summed E-state index contributed by atoms with van der Waals surface area (Å²) >= 11 is 12.4. The highest BCUT2D eigenvalue weighted by atomic mass is 35.5. The van der Waals surface area contributed by atoms with Gasteiger partial charge in [-0.05, 0) is 30.3 Å². The third-order valence-corrected chi connectivity index (χ3v) is 7.61. The van der Waals surface area contributed by atoms with E-state index in [4.69, 9.17) is 27.6 Å². The number of nitrogens with zero attached hydrogens (tertiary/aromatic N) is 3. The highest BCUT2D eigenvalue weighted by Gasteiger charge is 2.30. The Balaban J connectivity index is 1.58. The number of oxazole rings is 1. The Morgan fingerprint density at radius 3 is 2.46 bits per heavy atom. The second-order valence-corrected chi connectivity index (χ2v) is 9.24. The highest BCUT2D eigenvalue weighted by molar-refractivity contribution is 7.89. The zero-order valence-electron chi connectivity index (χ0n) is 14.9. The Morgan fingerprint density at radius 2 is 1.75 bits per heavy atom. The third kappa shape index (κ3) is 3.20. The van der Waals surface area contributed by atoms with E-state index < -0.39 is 15.8 Å². The molecular weight excluding hydrogens is 425 g/mol. The quantitative estimate of drug-likeness (QED) is 0.624. The first kappa shape index (κ1) is 19.3. The van der Waals surface area contributed by atoms with Crippen molar-refractivity contribution in [3.05, 3.63) is 57.0 Å².